The average Bonchev–Trinajstić information content (AvgIpc) is 3.01. The average molecular weight is 658 g/mol. The zero-order valence-corrected chi connectivity index (χ0v) is 25.9. The van der Waals surface area contributed by atoms with Crippen LogP contribution < -0.4 is 10.1 Å². The van der Waals surface area contributed by atoms with Crippen molar-refractivity contribution in [3.8, 4) is 16.9 Å². The molecule has 0 aliphatic carbocycles. The van der Waals surface area contributed by atoms with E-state index in [-0.39, 0.29) is 17.3 Å². The van der Waals surface area contributed by atoms with Crippen LogP contribution in [0, 0.1) is 0 Å². The first-order valence-electron chi connectivity index (χ1n) is 13.2. The summed E-state index contributed by atoms with van der Waals surface area (Å²) in [6.45, 7) is 1.86. The van der Waals surface area contributed by atoms with Crippen molar-refractivity contribution >= 4 is 68.0 Å². The summed E-state index contributed by atoms with van der Waals surface area (Å²) >= 11 is 12.6. The van der Waals surface area contributed by atoms with Crippen molar-refractivity contribution < 1.29 is 17.9 Å². The number of ether oxygens (including phenoxy) is 2. The molecule has 5 aromatic rings. The molecule has 0 atom stereocenters. The summed E-state index contributed by atoms with van der Waals surface area (Å²) in [5.74, 6) is 1.16. The second-order valence-corrected chi connectivity index (χ2v) is 12.5. The van der Waals surface area contributed by atoms with Gasteiger partial charge in [0, 0.05) is 29.2 Å². The molecule has 1 saturated heterocycles. The Morgan fingerprint density at radius 2 is 1.65 bits per heavy atom. The van der Waals surface area contributed by atoms with Crippen molar-refractivity contribution in [2.45, 2.75) is 11.5 Å². The van der Waals surface area contributed by atoms with E-state index in [0.29, 0.717) is 54.5 Å². The monoisotopic (exact) mass is 656 g/mol. The molecule has 0 radical (unpaired) electrons. The van der Waals surface area contributed by atoms with Crippen molar-refractivity contribution in [1.82, 2.24) is 14.3 Å². The number of morpholine rings is 1. The van der Waals surface area contributed by atoms with E-state index in [0.717, 1.165) is 33.3 Å². The highest BCUT2D eigenvalue weighted by Gasteiger charge is 2.26. The molecule has 1 aromatic heterocycles. The fourth-order valence-electron chi connectivity index (χ4n) is 4.71. The highest BCUT2D eigenvalue weighted by Crippen LogP contribution is 2.33. The summed E-state index contributed by atoms with van der Waals surface area (Å²) < 4.78 is 38.7. The quantitative estimate of drug-likeness (QED) is 0.186. The molecule has 0 spiro atoms. The lowest BCUT2D eigenvalue weighted by Crippen LogP contribution is -2.40. The molecule has 1 aliphatic heterocycles. The van der Waals surface area contributed by atoms with Crippen molar-refractivity contribution in [3.63, 3.8) is 0 Å². The Hall–Kier alpha value is -3.44. The van der Waals surface area contributed by atoms with Crippen LogP contribution in [0.15, 0.2) is 96.2 Å². The number of hydrogen-bond donors (Lipinski definition) is 1. The topological polar surface area (TPSA) is 93.7 Å². The van der Waals surface area contributed by atoms with Crippen LogP contribution in [0.25, 0.3) is 22.0 Å². The van der Waals surface area contributed by atoms with Gasteiger partial charge in [-0.3, -0.25) is 0 Å². The molecule has 43 heavy (non-hydrogen) atoms. The number of nitrogens with zero attached hydrogens (tertiary/aromatic N) is 3. The number of rotatable bonds is 8. The third-order valence-electron chi connectivity index (χ3n) is 6.91. The predicted molar refractivity (Wildman–Crippen MR) is 172 cm³/mol. The van der Waals surface area contributed by atoms with Gasteiger partial charge in [-0.25, -0.2) is 18.4 Å². The summed E-state index contributed by atoms with van der Waals surface area (Å²) in [7, 11) is -3.57. The Morgan fingerprint density at radius 1 is 0.884 bits per heavy atom. The highest BCUT2D eigenvalue weighted by molar-refractivity contribution is 7.89. The molecule has 2 heterocycles. The van der Waals surface area contributed by atoms with E-state index in [4.69, 9.17) is 32.7 Å². The van der Waals surface area contributed by atoms with Crippen molar-refractivity contribution in [2.75, 3.05) is 31.6 Å². The van der Waals surface area contributed by atoms with Gasteiger partial charge in [-0.2, -0.15) is 4.31 Å². The molecule has 1 N–H and O–H groups in total. The van der Waals surface area contributed by atoms with Crippen LogP contribution in [-0.2, 0) is 21.4 Å². The Bertz CT molecular complexity index is 1850. The van der Waals surface area contributed by atoms with Crippen molar-refractivity contribution in [3.05, 3.63) is 107 Å². The minimum atomic E-state index is -3.57. The maximum atomic E-state index is 13.0. The third-order valence-corrected chi connectivity index (χ3v) is 9.35. The summed E-state index contributed by atoms with van der Waals surface area (Å²) in [6.07, 6.45) is 1.50. The molecule has 0 bridgehead atoms. The summed E-state index contributed by atoms with van der Waals surface area (Å²) in [6, 6.07) is 25.7. The van der Waals surface area contributed by atoms with Crippen LogP contribution in [0.5, 0.6) is 5.75 Å². The minimum Gasteiger partial charge on any atom is -0.487 e. The van der Waals surface area contributed by atoms with Gasteiger partial charge in [-0.1, -0.05) is 53.5 Å². The van der Waals surface area contributed by atoms with Gasteiger partial charge in [0.2, 0.25) is 10.0 Å². The van der Waals surface area contributed by atoms with Crippen LogP contribution >= 0.6 is 35.6 Å². The minimum absolute atomic E-state index is 0. The number of sulfonamides is 1. The van der Waals surface area contributed by atoms with Gasteiger partial charge in [0.25, 0.3) is 0 Å². The predicted octanol–water partition coefficient (Wildman–Crippen LogP) is 7.37. The Balaban J connectivity index is 0.00000368. The maximum Gasteiger partial charge on any atom is 0.243 e. The van der Waals surface area contributed by atoms with Crippen molar-refractivity contribution in [2.24, 2.45) is 0 Å². The molecule has 8 nitrogen and oxygen atoms in total. The SMILES string of the molecule is Cl.O=S(=O)(c1ccc(-c2ccc3ncnc(Nc4ccc(OCc5cccc(Cl)c5)c(Cl)c4)c3c2)cc1)N1CCOCC1. The van der Waals surface area contributed by atoms with Crippen LogP contribution in [0.4, 0.5) is 11.5 Å². The van der Waals surface area contributed by atoms with Gasteiger partial charge in [-0.15, -0.1) is 12.4 Å². The first kappa shape index (κ1) is 31.0. The lowest BCUT2D eigenvalue weighted by atomic mass is 10.0. The standard InChI is InChI=1S/C31H26Cl2N4O4S.ClH/c32-24-3-1-2-21(16-24)19-41-30-11-7-25(18-28(30)33)36-31-27-17-23(6-10-29(27)34-20-35-31)22-4-8-26(9-5-22)42(38,39)37-12-14-40-15-13-37;/h1-11,16-18,20H,12-15,19H2,(H,34,35,36);1H. The maximum absolute atomic E-state index is 13.0. The van der Waals surface area contributed by atoms with E-state index in [2.05, 4.69) is 15.3 Å². The van der Waals surface area contributed by atoms with Crippen LogP contribution in [0.2, 0.25) is 10.0 Å². The Morgan fingerprint density at radius 3 is 2.40 bits per heavy atom. The fraction of sp³-hybridized carbons (Fsp3) is 0.161. The fourth-order valence-corrected chi connectivity index (χ4v) is 6.57. The molecule has 0 unspecified atom stereocenters. The van der Waals surface area contributed by atoms with E-state index >= 15 is 0 Å². The summed E-state index contributed by atoms with van der Waals surface area (Å²) in [5, 5.41) is 5.24. The molecule has 4 aromatic carbocycles. The van der Waals surface area contributed by atoms with Gasteiger partial charge < -0.3 is 14.8 Å². The first-order valence-corrected chi connectivity index (χ1v) is 15.4. The van der Waals surface area contributed by atoms with Crippen LogP contribution in [0.1, 0.15) is 5.56 Å². The van der Waals surface area contributed by atoms with Crippen LogP contribution in [0.3, 0.4) is 0 Å². The number of hydrogen-bond acceptors (Lipinski definition) is 7. The molecule has 12 heteroatoms. The summed E-state index contributed by atoms with van der Waals surface area (Å²) in [5.41, 5.74) is 4.21. The molecular formula is C31H27Cl3N4O4S. The second kappa shape index (κ2) is 13.5. The Labute approximate surface area is 266 Å². The van der Waals surface area contributed by atoms with Gasteiger partial charge >= 0.3 is 0 Å². The van der Waals surface area contributed by atoms with E-state index < -0.39 is 10.0 Å². The van der Waals surface area contributed by atoms with E-state index in [1.807, 2.05) is 60.7 Å². The molecule has 0 amide bonds. The normalized spacial score (nSPS) is 13.8. The van der Waals surface area contributed by atoms with Crippen LogP contribution in [-0.4, -0.2) is 49.0 Å². The second-order valence-electron chi connectivity index (χ2n) is 9.68. The van der Waals surface area contributed by atoms with E-state index in [1.165, 1.54) is 10.6 Å². The highest BCUT2D eigenvalue weighted by atomic mass is 35.5. The zero-order valence-electron chi connectivity index (χ0n) is 22.7. The molecule has 0 saturated carbocycles. The number of benzene rings is 4. The van der Waals surface area contributed by atoms with Gasteiger partial charge in [0.1, 0.15) is 24.5 Å². The van der Waals surface area contributed by atoms with Gasteiger partial charge in [0.05, 0.1) is 28.6 Å². The molecule has 1 aliphatic rings. The molecule has 222 valence electrons. The lowest BCUT2D eigenvalue weighted by Gasteiger charge is -2.26. The number of halogens is 3. The lowest BCUT2D eigenvalue weighted by molar-refractivity contribution is 0.0730. The molecule has 1 fully saturated rings. The summed E-state index contributed by atoms with van der Waals surface area (Å²) in [4.78, 5) is 9.13. The number of nitrogens with one attached hydrogen (secondary N) is 1. The molecule has 6 rings (SSSR count). The smallest absolute Gasteiger partial charge is 0.243 e. The Kier molecular flexibility index (Phi) is 9.71. The third kappa shape index (κ3) is 7.04. The number of anilines is 2. The number of fused-ring (bicyclic) bond motifs is 1. The van der Waals surface area contributed by atoms with E-state index in [9.17, 15) is 8.42 Å². The number of aromatic nitrogens is 2. The zero-order chi connectivity index (χ0) is 29.1. The van der Waals surface area contributed by atoms with Crippen molar-refractivity contribution in [1.29, 1.82) is 0 Å². The largest absolute Gasteiger partial charge is 0.487 e. The first-order chi connectivity index (χ1) is 20.4. The molecular weight excluding hydrogens is 631 g/mol. The van der Waals surface area contributed by atoms with E-state index in [1.54, 1.807) is 24.3 Å². The van der Waals surface area contributed by atoms with Gasteiger partial charge in [0.15, 0.2) is 0 Å². The van der Waals surface area contributed by atoms with Gasteiger partial charge in [-0.05, 0) is 71.3 Å².